The molecule has 0 nitrogen and oxygen atoms in total. The molecule has 0 amide bonds. The van der Waals surface area contributed by atoms with Gasteiger partial charge in [0.25, 0.3) is 0 Å². The van der Waals surface area contributed by atoms with Crippen molar-refractivity contribution in [2.24, 2.45) is 0 Å². The Labute approximate surface area is 292 Å². The van der Waals surface area contributed by atoms with Gasteiger partial charge in [0.05, 0.1) is 0 Å². The summed E-state index contributed by atoms with van der Waals surface area (Å²) in [7, 11) is -0.892. The predicted octanol–water partition coefficient (Wildman–Crippen LogP) is 7.70. The average molecular weight is 826 g/mol. The van der Waals surface area contributed by atoms with Gasteiger partial charge in [-0.2, -0.15) is 0 Å². The van der Waals surface area contributed by atoms with Crippen LogP contribution >= 0.6 is 15.8 Å². The minimum Gasteiger partial charge on any atom is -0.812 e. The van der Waals surface area contributed by atoms with Crippen molar-refractivity contribution in [2.75, 3.05) is 0 Å². The second kappa shape index (κ2) is 19.2. The minimum atomic E-state index is -0.446. The summed E-state index contributed by atoms with van der Waals surface area (Å²) >= 11 is 9.28. The molecule has 5 heteroatoms. The molecule has 224 valence electrons. The van der Waals surface area contributed by atoms with E-state index in [1.807, 2.05) is 13.8 Å². The normalized spacial score (nSPS) is 10.5. The van der Waals surface area contributed by atoms with Gasteiger partial charge in [0, 0.05) is 0 Å². The van der Waals surface area contributed by atoms with Crippen LogP contribution in [-0.2, 0) is 46.3 Å². The Bertz CT molecular complexity index is 1270. The summed E-state index contributed by atoms with van der Waals surface area (Å²) in [6.07, 6.45) is 0. The fourth-order valence-corrected chi connectivity index (χ4v) is 8.97. The Kier molecular flexibility index (Phi) is 15.7. The zero-order valence-electron chi connectivity index (χ0n) is 24.8. The summed E-state index contributed by atoms with van der Waals surface area (Å²) in [4.78, 5) is 0. The Morgan fingerprint density at radius 2 is 0.432 bits per heavy atom. The Morgan fingerprint density at radius 3 is 0.545 bits per heavy atom. The topological polar surface area (TPSA) is 0 Å². The molecule has 0 aromatic heterocycles. The first-order chi connectivity index (χ1) is 20.9. The summed E-state index contributed by atoms with van der Waals surface area (Å²) < 4.78 is -0.333. The predicted molar refractivity (Wildman–Crippen MR) is 199 cm³/mol. The summed E-state index contributed by atoms with van der Waals surface area (Å²) in [5.41, 5.74) is 0. The van der Waals surface area contributed by atoms with Crippen molar-refractivity contribution in [1.29, 1.82) is 0 Å². The van der Waals surface area contributed by atoms with Crippen LogP contribution in [0, 0.1) is 0 Å². The summed E-state index contributed by atoms with van der Waals surface area (Å²) in [6.45, 7) is 3.63. The maximum absolute atomic E-state index is 4.64. The van der Waals surface area contributed by atoms with Gasteiger partial charge in [0.2, 0.25) is 0 Å². The standard InChI is InChI=1S/2C18H15P.C3H8S2.Pt/c2*1-4-10-16(11-5-1)19(17-12-6-2-7-13-17)18-14-8-3-9-15-18;1-3(2,4)5;/h2*1-15H;4-5H,1-2H3;/q;;;+2/p-2. The van der Waals surface area contributed by atoms with Crippen molar-refractivity contribution >= 4 is 72.9 Å². The van der Waals surface area contributed by atoms with Crippen molar-refractivity contribution in [1.82, 2.24) is 0 Å². The molecule has 0 radical (unpaired) electrons. The molecule has 0 fully saturated rings. The molecular weight excluding hydrogens is 790 g/mol. The van der Waals surface area contributed by atoms with Crippen molar-refractivity contribution < 1.29 is 21.1 Å². The van der Waals surface area contributed by atoms with Crippen LogP contribution in [-0.4, -0.2) is 4.08 Å². The van der Waals surface area contributed by atoms with Crippen molar-refractivity contribution in [2.45, 2.75) is 17.9 Å². The molecule has 0 aliphatic heterocycles. The van der Waals surface area contributed by atoms with Gasteiger partial charge in [-0.25, -0.2) is 0 Å². The van der Waals surface area contributed by atoms with Crippen LogP contribution < -0.4 is 31.8 Å². The molecule has 0 N–H and O–H groups in total. The first-order valence-electron chi connectivity index (χ1n) is 14.2. The molecule has 0 unspecified atom stereocenters. The van der Waals surface area contributed by atoms with E-state index in [0.717, 1.165) is 0 Å². The summed E-state index contributed by atoms with van der Waals surface area (Å²) in [5.74, 6) is 0. The van der Waals surface area contributed by atoms with E-state index >= 15 is 0 Å². The van der Waals surface area contributed by atoms with E-state index in [1.165, 1.54) is 31.8 Å². The van der Waals surface area contributed by atoms with Gasteiger partial charge in [-0.05, 0) is 47.7 Å². The first kappa shape index (κ1) is 36.0. The fourth-order valence-electron chi connectivity index (χ4n) is 4.36. The van der Waals surface area contributed by atoms with E-state index in [9.17, 15) is 0 Å². The van der Waals surface area contributed by atoms with E-state index in [0.29, 0.717) is 0 Å². The van der Waals surface area contributed by atoms with E-state index in [4.69, 9.17) is 0 Å². The quantitative estimate of drug-likeness (QED) is 0.125. The molecule has 0 bridgehead atoms. The van der Waals surface area contributed by atoms with Crippen molar-refractivity contribution in [3.05, 3.63) is 182 Å². The molecule has 6 rings (SSSR count). The van der Waals surface area contributed by atoms with Crippen LogP contribution in [0.3, 0.4) is 0 Å². The van der Waals surface area contributed by atoms with Gasteiger partial charge in [-0.1, -0.05) is 182 Å². The molecule has 0 saturated carbocycles. The monoisotopic (exact) mass is 825 g/mol. The molecule has 0 atom stereocenters. The number of rotatable bonds is 6. The van der Waals surface area contributed by atoms with Crippen LogP contribution in [0.1, 0.15) is 13.8 Å². The largest absolute Gasteiger partial charge is 2.00 e. The molecule has 0 heterocycles. The van der Waals surface area contributed by atoms with Crippen LogP contribution in [0.4, 0.5) is 0 Å². The molecule has 6 aromatic carbocycles. The van der Waals surface area contributed by atoms with Crippen molar-refractivity contribution in [3.63, 3.8) is 0 Å². The van der Waals surface area contributed by atoms with Gasteiger partial charge < -0.3 is 25.3 Å². The smallest absolute Gasteiger partial charge is 0.812 e. The third kappa shape index (κ3) is 12.2. The van der Waals surface area contributed by atoms with Gasteiger partial charge in [0.1, 0.15) is 0 Å². The van der Waals surface area contributed by atoms with Crippen LogP contribution in [0.5, 0.6) is 0 Å². The maximum Gasteiger partial charge on any atom is 2.00 e. The van der Waals surface area contributed by atoms with Gasteiger partial charge in [0.15, 0.2) is 0 Å². The Morgan fingerprint density at radius 1 is 0.318 bits per heavy atom. The average Bonchev–Trinajstić information content (AvgIpc) is 3.04. The van der Waals surface area contributed by atoms with E-state index in [1.54, 1.807) is 0 Å². The number of hydrogen-bond acceptors (Lipinski definition) is 2. The van der Waals surface area contributed by atoms with Crippen LogP contribution in [0.25, 0.3) is 0 Å². The Balaban J connectivity index is 0.000000205. The van der Waals surface area contributed by atoms with Gasteiger partial charge >= 0.3 is 21.1 Å². The molecular formula is C39H36P2PtS2. The molecule has 0 spiro atoms. The first-order valence-corrected chi connectivity index (χ1v) is 17.7. The Hall–Kier alpha value is -2.43. The van der Waals surface area contributed by atoms with Gasteiger partial charge in [-0.3, -0.25) is 4.08 Å². The van der Waals surface area contributed by atoms with Crippen molar-refractivity contribution in [3.8, 4) is 0 Å². The molecule has 0 aliphatic rings. The number of hydrogen-bond donors (Lipinski definition) is 0. The minimum absolute atomic E-state index is 0. The van der Waals surface area contributed by atoms with Gasteiger partial charge in [-0.15, -0.1) is 13.8 Å². The molecule has 0 aliphatic carbocycles. The zero-order valence-corrected chi connectivity index (χ0v) is 30.5. The van der Waals surface area contributed by atoms with E-state index in [2.05, 4.69) is 207 Å². The van der Waals surface area contributed by atoms with Crippen LogP contribution in [0.2, 0.25) is 0 Å². The second-order valence-electron chi connectivity index (χ2n) is 10.1. The van der Waals surface area contributed by atoms with E-state index < -0.39 is 15.8 Å². The molecule has 6 aromatic rings. The zero-order chi connectivity index (χ0) is 30.3. The third-order valence-corrected chi connectivity index (χ3v) is 11.0. The summed E-state index contributed by atoms with van der Waals surface area (Å²) in [5, 5.41) is 8.39. The SMILES string of the molecule is CC(C)([S-])[S-].[Pt+2].c1ccc(P(c2ccccc2)c2ccccc2)cc1.c1ccc(P(c2ccccc2)c2ccccc2)cc1. The fraction of sp³-hybridized carbons (Fsp3) is 0.0769. The second-order valence-corrected chi connectivity index (χ2v) is 16.8. The molecule has 0 saturated heterocycles. The molecule has 44 heavy (non-hydrogen) atoms. The van der Waals surface area contributed by atoms with Crippen LogP contribution in [0.15, 0.2) is 182 Å². The van der Waals surface area contributed by atoms with E-state index in [-0.39, 0.29) is 25.1 Å². The third-order valence-electron chi connectivity index (χ3n) is 6.09. The maximum atomic E-state index is 4.64. The summed E-state index contributed by atoms with van der Waals surface area (Å²) in [6, 6.07) is 64.7. The number of benzene rings is 6.